The van der Waals surface area contributed by atoms with Crippen molar-refractivity contribution in [2.24, 2.45) is 11.7 Å². The minimum absolute atomic E-state index is 0.00119. The zero-order valence-electron chi connectivity index (χ0n) is 15.0. The van der Waals surface area contributed by atoms with Gasteiger partial charge < -0.3 is 10.5 Å². The second-order valence-corrected chi connectivity index (χ2v) is 8.86. The van der Waals surface area contributed by atoms with Crippen LogP contribution in [-0.4, -0.2) is 32.4 Å². The summed E-state index contributed by atoms with van der Waals surface area (Å²) in [5, 5.41) is 3.48. The van der Waals surface area contributed by atoms with E-state index in [0.717, 1.165) is 11.3 Å². The number of hydrogen-bond acceptors (Lipinski definition) is 7. The number of carbonyl (C=O) groups is 3. The largest absolute Gasteiger partial charge is 0.448 e. The molecule has 0 aliphatic rings. The first-order valence-corrected chi connectivity index (χ1v) is 10.4. The molecule has 2 rings (SSSR count). The Morgan fingerprint density at radius 3 is 2.36 bits per heavy atom. The number of rotatable bonds is 7. The molecule has 0 saturated heterocycles. The van der Waals surface area contributed by atoms with Crippen LogP contribution in [0.2, 0.25) is 0 Å². The number of amides is 3. The number of imide groups is 1. The van der Waals surface area contributed by atoms with Gasteiger partial charge in [0, 0.05) is 0 Å². The third kappa shape index (κ3) is 5.30. The monoisotopic (exact) mass is 425 g/mol. The van der Waals surface area contributed by atoms with Gasteiger partial charge in [-0.3, -0.25) is 14.8 Å². The van der Waals surface area contributed by atoms with Gasteiger partial charge in [-0.1, -0.05) is 32.0 Å². The smallest absolute Gasteiger partial charge is 0.341 e. The standard InChI is InChI=1S/C17H19N3O6S2/c1-10(2)14(15(21)19-17(18)23)26-16(22)11-6-3-4-7-12(11)20-28(24,25)13-8-5-9-27-13/h3-10,14,20H,1-2H3,(H3,18,19,21,23)/t14-/m1/s1. The van der Waals surface area contributed by atoms with Crippen molar-refractivity contribution in [3.05, 3.63) is 47.3 Å². The maximum atomic E-state index is 12.6. The second kappa shape index (κ2) is 8.85. The number of sulfonamides is 1. The van der Waals surface area contributed by atoms with Crippen molar-refractivity contribution < 1.29 is 27.5 Å². The molecule has 1 aromatic heterocycles. The van der Waals surface area contributed by atoms with Crippen LogP contribution in [0.3, 0.4) is 0 Å². The summed E-state index contributed by atoms with van der Waals surface area (Å²) in [6.45, 7) is 3.23. The predicted octanol–water partition coefficient (Wildman–Crippen LogP) is 1.93. The number of para-hydroxylation sites is 1. The minimum Gasteiger partial charge on any atom is -0.448 e. The Balaban J connectivity index is 2.26. The summed E-state index contributed by atoms with van der Waals surface area (Å²) in [5.41, 5.74) is 4.84. The highest BCUT2D eigenvalue weighted by atomic mass is 32.2. The Morgan fingerprint density at radius 1 is 1.11 bits per heavy atom. The third-order valence-electron chi connectivity index (χ3n) is 3.50. The maximum Gasteiger partial charge on any atom is 0.341 e. The van der Waals surface area contributed by atoms with Crippen LogP contribution in [0.15, 0.2) is 46.0 Å². The molecule has 0 saturated carbocycles. The van der Waals surface area contributed by atoms with E-state index in [9.17, 15) is 22.8 Å². The molecule has 0 aliphatic heterocycles. The number of ether oxygens (including phenoxy) is 1. The van der Waals surface area contributed by atoms with Crippen LogP contribution in [0, 0.1) is 5.92 Å². The number of benzene rings is 1. The highest BCUT2D eigenvalue weighted by molar-refractivity contribution is 7.94. The molecular formula is C17H19N3O6S2. The molecule has 1 heterocycles. The van der Waals surface area contributed by atoms with Crippen LogP contribution in [0.5, 0.6) is 0 Å². The number of urea groups is 1. The number of primary amides is 1. The van der Waals surface area contributed by atoms with Crippen molar-refractivity contribution in [2.45, 2.75) is 24.2 Å². The fraction of sp³-hybridized carbons (Fsp3) is 0.235. The average molecular weight is 425 g/mol. The predicted molar refractivity (Wildman–Crippen MR) is 103 cm³/mol. The van der Waals surface area contributed by atoms with Crippen molar-refractivity contribution in [3.8, 4) is 0 Å². The van der Waals surface area contributed by atoms with E-state index in [1.165, 1.54) is 24.3 Å². The Morgan fingerprint density at radius 2 is 1.79 bits per heavy atom. The lowest BCUT2D eigenvalue weighted by molar-refractivity contribution is -0.130. The van der Waals surface area contributed by atoms with Gasteiger partial charge in [-0.15, -0.1) is 11.3 Å². The summed E-state index contributed by atoms with van der Waals surface area (Å²) in [6, 6.07) is 7.76. The van der Waals surface area contributed by atoms with E-state index in [0.29, 0.717) is 0 Å². The molecule has 0 unspecified atom stereocenters. The van der Waals surface area contributed by atoms with Gasteiger partial charge in [-0.05, 0) is 29.5 Å². The molecule has 0 fully saturated rings. The topological polar surface area (TPSA) is 145 Å². The maximum absolute atomic E-state index is 12.6. The number of nitrogens with one attached hydrogen (secondary N) is 2. The molecule has 150 valence electrons. The van der Waals surface area contributed by atoms with E-state index < -0.39 is 40.0 Å². The number of carbonyl (C=O) groups excluding carboxylic acids is 3. The van der Waals surface area contributed by atoms with Crippen LogP contribution in [0.25, 0.3) is 0 Å². The quantitative estimate of drug-likeness (QED) is 0.578. The van der Waals surface area contributed by atoms with Crippen LogP contribution >= 0.6 is 11.3 Å². The lowest BCUT2D eigenvalue weighted by Gasteiger charge is -2.20. The number of nitrogens with two attached hydrogens (primary N) is 1. The van der Waals surface area contributed by atoms with Gasteiger partial charge in [-0.2, -0.15) is 0 Å². The molecule has 0 aliphatic carbocycles. The highest BCUT2D eigenvalue weighted by Gasteiger charge is 2.29. The molecule has 3 amide bonds. The minimum atomic E-state index is -3.88. The van der Waals surface area contributed by atoms with Gasteiger partial charge in [0.15, 0.2) is 6.10 Å². The molecule has 1 atom stereocenters. The van der Waals surface area contributed by atoms with E-state index in [1.807, 2.05) is 5.32 Å². The van der Waals surface area contributed by atoms with Crippen LogP contribution < -0.4 is 15.8 Å². The van der Waals surface area contributed by atoms with Crippen LogP contribution in [0.1, 0.15) is 24.2 Å². The summed E-state index contributed by atoms with van der Waals surface area (Å²) < 4.78 is 32.5. The summed E-state index contributed by atoms with van der Waals surface area (Å²) in [6.07, 6.45) is -1.29. The summed E-state index contributed by atoms with van der Waals surface area (Å²) in [4.78, 5) is 35.5. The number of thiophene rings is 1. The SMILES string of the molecule is CC(C)[C@@H](OC(=O)c1ccccc1NS(=O)(=O)c1cccs1)C(=O)NC(N)=O. The molecule has 1 aromatic carbocycles. The van der Waals surface area contributed by atoms with Crippen molar-refractivity contribution in [1.29, 1.82) is 0 Å². The molecule has 9 nitrogen and oxygen atoms in total. The summed E-state index contributed by atoms with van der Waals surface area (Å²) in [7, 11) is -3.88. The fourth-order valence-corrected chi connectivity index (χ4v) is 4.30. The van der Waals surface area contributed by atoms with Gasteiger partial charge in [0.2, 0.25) is 0 Å². The first-order chi connectivity index (χ1) is 13.1. The van der Waals surface area contributed by atoms with E-state index in [-0.39, 0.29) is 15.5 Å². The molecule has 28 heavy (non-hydrogen) atoms. The molecular weight excluding hydrogens is 406 g/mol. The Kier molecular flexibility index (Phi) is 6.75. The van der Waals surface area contributed by atoms with E-state index in [4.69, 9.17) is 10.5 Å². The lowest BCUT2D eigenvalue weighted by Crippen LogP contribution is -2.45. The van der Waals surface area contributed by atoms with Gasteiger partial charge in [0.25, 0.3) is 15.9 Å². The van der Waals surface area contributed by atoms with Crippen LogP contribution in [-0.2, 0) is 19.6 Å². The van der Waals surface area contributed by atoms with Crippen molar-refractivity contribution in [1.82, 2.24) is 5.32 Å². The molecule has 2 aromatic rings. The molecule has 0 radical (unpaired) electrons. The Labute approximate surface area is 165 Å². The third-order valence-corrected chi connectivity index (χ3v) is 6.26. The van der Waals surface area contributed by atoms with E-state index in [1.54, 1.807) is 31.4 Å². The molecule has 0 bridgehead atoms. The zero-order valence-corrected chi connectivity index (χ0v) is 16.7. The first-order valence-electron chi connectivity index (χ1n) is 8.08. The average Bonchev–Trinajstić information content (AvgIpc) is 3.14. The number of esters is 1. The molecule has 4 N–H and O–H groups in total. The number of hydrogen-bond donors (Lipinski definition) is 3. The zero-order chi connectivity index (χ0) is 20.9. The fourth-order valence-electron chi connectivity index (χ4n) is 2.23. The Hall–Kier alpha value is -2.92. The van der Waals surface area contributed by atoms with Crippen molar-refractivity contribution in [2.75, 3.05) is 4.72 Å². The molecule has 11 heteroatoms. The first kappa shape index (κ1) is 21.4. The van der Waals surface area contributed by atoms with Gasteiger partial charge in [0.05, 0.1) is 11.3 Å². The van der Waals surface area contributed by atoms with Gasteiger partial charge in [-0.25, -0.2) is 18.0 Å². The number of anilines is 1. The normalized spacial score (nSPS) is 12.2. The summed E-state index contributed by atoms with van der Waals surface area (Å²) in [5.74, 6) is -2.26. The Bertz CT molecular complexity index is 971. The lowest BCUT2D eigenvalue weighted by atomic mass is 10.1. The van der Waals surface area contributed by atoms with Gasteiger partial charge in [0.1, 0.15) is 4.21 Å². The molecule has 0 spiro atoms. The van der Waals surface area contributed by atoms with E-state index in [2.05, 4.69) is 4.72 Å². The van der Waals surface area contributed by atoms with Crippen molar-refractivity contribution in [3.63, 3.8) is 0 Å². The second-order valence-electron chi connectivity index (χ2n) is 6.01. The van der Waals surface area contributed by atoms with Crippen molar-refractivity contribution >= 4 is 45.0 Å². The van der Waals surface area contributed by atoms with E-state index >= 15 is 0 Å². The highest BCUT2D eigenvalue weighted by Crippen LogP contribution is 2.24. The van der Waals surface area contributed by atoms with Crippen LogP contribution in [0.4, 0.5) is 10.5 Å². The van der Waals surface area contributed by atoms with Gasteiger partial charge >= 0.3 is 12.0 Å². The summed E-state index contributed by atoms with van der Waals surface area (Å²) >= 11 is 1.02.